The third kappa shape index (κ3) is 2.38. The molecule has 1 N–H and O–H groups in total. The van der Waals surface area contributed by atoms with Crippen LogP contribution in [0.2, 0.25) is 0 Å². The quantitative estimate of drug-likeness (QED) is 0.882. The molecule has 3 rings (SSSR count). The summed E-state index contributed by atoms with van der Waals surface area (Å²) in [6.07, 6.45) is 7.16. The van der Waals surface area contributed by atoms with Crippen molar-refractivity contribution in [3.63, 3.8) is 0 Å². The minimum atomic E-state index is -0.632. The van der Waals surface area contributed by atoms with Gasteiger partial charge in [0.2, 0.25) is 5.88 Å². The molecule has 2 fully saturated rings. The zero-order chi connectivity index (χ0) is 14.0. The molecule has 0 radical (unpaired) electrons. The zero-order valence-electron chi connectivity index (χ0n) is 11.5. The van der Waals surface area contributed by atoms with E-state index in [0.29, 0.717) is 24.2 Å². The highest BCUT2D eigenvalue weighted by atomic mass is 19.1. The summed E-state index contributed by atoms with van der Waals surface area (Å²) in [6, 6.07) is 0.306. The van der Waals surface area contributed by atoms with E-state index < -0.39 is 6.67 Å². The molecule has 5 nitrogen and oxygen atoms in total. The van der Waals surface area contributed by atoms with Crippen LogP contribution in [-0.4, -0.2) is 51.3 Å². The van der Waals surface area contributed by atoms with Gasteiger partial charge in [-0.25, -0.2) is 9.37 Å². The third-order valence-corrected chi connectivity index (χ3v) is 4.55. The van der Waals surface area contributed by atoms with Crippen molar-refractivity contribution in [1.82, 2.24) is 14.9 Å². The maximum atomic E-state index is 12.5. The lowest BCUT2D eigenvalue weighted by Crippen LogP contribution is -2.46. The highest BCUT2D eigenvalue weighted by Crippen LogP contribution is 2.41. The van der Waals surface area contributed by atoms with Gasteiger partial charge in [-0.2, -0.15) is 0 Å². The van der Waals surface area contributed by atoms with Gasteiger partial charge in [-0.05, 0) is 32.2 Å². The predicted molar refractivity (Wildman–Crippen MR) is 71.1 cm³/mol. The van der Waals surface area contributed by atoms with Crippen molar-refractivity contribution in [1.29, 1.82) is 0 Å². The molecule has 1 aromatic rings. The molecule has 1 aromatic heterocycles. The lowest BCUT2D eigenvalue weighted by molar-refractivity contribution is 0.0621. The van der Waals surface area contributed by atoms with Crippen molar-refractivity contribution in [2.75, 3.05) is 19.8 Å². The first-order chi connectivity index (χ1) is 9.77. The molecule has 2 aliphatic heterocycles. The molecule has 110 valence electrons. The topological polar surface area (TPSA) is 58.5 Å². The molecule has 6 heteroatoms. The number of aliphatic hydroxyl groups is 1. The van der Waals surface area contributed by atoms with E-state index in [1.165, 1.54) is 12.4 Å². The number of nitrogens with zero attached hydrogens (tertiary/aromatic N) is 3. The van der Waals surface area contributed by atoms with E-state index in [0.717, 1.165) is 32.2 Å². The largest absolute Gasteiger partial charge is 0.475 e. The molecule has 2 aliphatic rings. The molecule has 2 unspecified atom stereocenters. The molecule has 0 aliphatic carbocycles. The second kappa shape index (κ2) is 5.61. The average Bonchev–Trinajstić information content (AvgIpc) is 3.05. The van der Waals surface area contributed by atoms with Crippen LogP contribution in [0, 0.1) is 0 Å². The number of ether oxygens (including phenoxy) is 1. The number of aliphatic hydroxyl groups excluding tert-OH is 1. The molecule has 20 heavy (non-hydrogen) atoms. The highest BCUT2D eigenvalue weighted by molar-refractivity contribution is 5.09. The fraction of sp³-hybridized carbons (Fsp3) is 0.714. The fourth-order valence-corrected chi connectivity index (χ4v) is 3.51. The van der Waals surface area contributed by atoms with Gasteiger partial charge in [0.05, 0.1) is 24.7 Å². The van der Waals surface area contributed by atoms with Crippen LogP contribution >= 0.6 is 0 Å². The number of rotatable bonds is 5. The normalized spacial score (nSPS) is 29.6. The average molecular weight is 281 g/mol. The van der Waals surface area contributed by atoms with Crippen molar-refractivity contribution >= 4 is 0 Å². The molecule has 0 aromatic carbocycles. The number of alkyl halides is 1. The van der Waals surface area contributed by atoms with Crippen molar-refractivity contribution in [2.45, 2.75) is 43.9 Å². The van der Waals surface area contributed by atoms with Gasteiger partial charge in [0.1, 0.15) is 13.3 Å². The smallest absolute Gasteiger partial charge is 0.232 e. The van der Waals surface area contributed by atoms with Crippen LogP contribution in [0.1, 0.15) is 31.4 Å². The monoisotopic (exact) mass is 281 g/mol. The van der Waals surface area contributed by atoms with Gasteiger partial charge in [0.25, 0.3) is 0 Å². The number of fused-ring (bicyclic) bond motifs is 1. The molecule has 2 saturated heterocycles. The van der Waals surface area contributed by atoms with Gasteiger partial charge in [0, 0.05) is 11.6 Å². The van der Waals surface area contributed by atoms with Crippen molar-refractivity contribution in [2.24, 2.45) is 0 Å². The molecule has 0 amide bonds. The Morgan fingerprint density at radius 1 is 1.45 bits per heavy atom. The van der Waals surface area contributed by atoms with E-state index in [-0.39, 0.29) is 12.1 Å². The first kappa shape index (κ1) is 13.7. The van der Waals surface area contributed by atoms with Crippen molar-refractivity contribution < 1.29 is 14.2 Å². The summed E-state index contributed by atoms with van der Waals surface area (Å²) in [7, 11) is 0. The standard InChI is InChI=1S/C14H20FN3O2/c15-6-11-7-16-8-13(17-11)20-9-12-2-4-14(10-19)3-1-5-18(12)14/h7-8,12,19H,1-6,9-10H2. The van der Waals surface area contributed by atoms with Crippen LogP contribution in [0.5, 0.6) is 5.88 Å². The summed E-state index contributed by atoms with van der Waals surface area (Å²) in [6.45, 7) is 1.13. The van der Waals surface area contributed by atoms with Crippen LogP contribution in [0.15, 0.2) is 12.4 Å². The summed E-state index contributed by atoms with van der Waals surface area (Å²) >= 11 is 0. The Hall–Kier alpha value is -1.27. The van der Waals surface area contributed by atoms with Crippen LogP contribution in [-0.2, 0) is 6.67 Å². The van der Waals surface area contributed by atoms with Crippen LogP contribution in [0.4, 0.5) is 4.39 Å². The van der Waals surface area contributed by atoms with E-state index in [4.69, 9.17) is 4.74 Å². The lowest BCUT2D eigenvalue weighted by Gasteiger charge is -2.33. The molecule has 0 saturated carbocycles. The third-order valence-electron chi connectivity index (χ3n) is 4.55. The van der Waals surface area contributed by atoms with Crippen molar-refractivity contribution in [3.05, 3.63) is 18.1 Å². The van der Waals surface area contributed by atoms with Gasteiger partial charge in [-0.3, -0.25) is 9.88 Å². The van der Waals surface area contributed by atoms with E-state index >= 15 is 0 Å². The van der Waals surface area contributed by atoms with Gasteiger partial charge in [-0.15, -0.1) is 0 Å². The summed E-state index contributed by atoms with van der Waals surface area (Å²) in [5.74, 6) is 0.376. The Labute approximate surface area is 117 Å². The van der Waals surface area contributed by atoms with Gasteiger partial charge in [0.15, 0.2) is 0 Å². The summed E-state index contributed by atoms with van der Waals surface area (Å²) in [4.78, 5) is 10.3. The van der Waals surface area contributed by atoms with E-state index in [1.54, 1.807) is 0 Å². The zero-order valence-corrected chi connectivity index (χ0v) is 11.5. The van der Waals surface area contributed by atoms with Crippen LogP contribution in [0.3, 0.4) is 0 Å². The molecule has 0 spiro atoms. The van der Waals surface area contributed by atoms with Gasteiger partial charge < -0.3 is 9.84 Å². The molecule has 3 heterocycles. The molecular weight excluding hydrogens is 261 g/mol. The minimum absolute atomic E-state index is 0.0273. The minimum Gasteiger partial charge on any atom is -0.475 e. The van der Waals surface area contributed by atoms with Gasteiger partial charge >= 0.3 is 0 Å². The second-order valence-corrected chi connectivity index (χ2v) is 5.67. The van der Waals surface area contributed by atoms with Gasteiger partial charge in [-0.1, -0.05) is 0 Å². The number of aromatic nitrogens is 2. The number of hydrogen-bond acceptors (Lipinski definition) is 5. The maximum absolute atomic E-state index is 12.5. The SMILES string of the molecule is OCC12CCCN1C(COc1cncc(CF)n1)CC2. The summed E-state index contributed by atoms with van der Waals surface area (Å²) in [5, 5.41) is 9.65. The van der Waals surface area contributed by atoms with Crippen LogP contribution < -0.4 is 4.74 Å². The van der Waals surface area contributed by atoms with Crippen LogP contribution in [0.25, 0.3) is 0 Å². The lowest BCUT2D eigenvalue weighted by atomic mass is 9.95. The molecule has 2 atom stereocenters. The Morgan fingerprint density at radius 3 is 3.15 bits per heavy atom. The summed E-state index contributed by atoms with van der Waals surface area (Å²) in [5.41, 5.74) is 0.264. The first-order valence-corrected chi connectivity index (χ1v) is 7.15. The second-order valence-electron chi connectivity index (χ2n) is 5.67. The Morgan fingerprint density at radius 2 is 2.35 bits per heavy atom. The molecular formula is C14H20FN3O2. The Bertz CT molecular complexity index is 473. The predicted octanol–water partition coefficient (Wildman–Crippen LogP) is 1.31. The summed E-state index contributed by atoms with van der Waals surface area (Å²) < 4.78 is 18.2. The Kier molecular flexibility index (Phi) is 3.85. The maximum Gasteiger partial charge on any atom is 0.232 e. The number of hydrogen-bond donors (Lipinski definition) is 1. The van der Waals surface area contributed by atoms with E-state index in [2.05, 4.69) is 14.9 Å². The fourth-order valence-electron chi connectivity index (χ4n) is 3.51. The number of halogens is 1. The van der Waals surface area contributed by atoms with E-state index in [1.807, 2.05) is 0 Å². The van der Waals surface area contributed by atoms with E-state index in [9.17, 15) is 9.50 Å². The highest BCUT2D eigenvalue weighted by Gasteiger charge is 2.48. The Balaban J connectivity index is 1.61. The van der Waals surface area contributed by atoms with Crippen molar-refractivity contribution in [3.8, 4) is 5.88 Å². The first-order valence-electron chi connectivity index (χ1n) is 7.15. The molecule has 0 bridgehead atoms.